The topological polar surface area (TPSA) is 63.4 Å². The van der Waals surface area contributed by atoms with E-state index >= 15 is 0 Å². The number of halogens is 1. The van der Waals surface area contributed by atoms with E-state index in [-0.39, 0.29) is 23.8 Å². The second kappa shape index (κ2) is 4.74. The lowest BCUT2D eigenvalue weighted by Crippen LogP contribution is -2.46. The second-order valence-corrected chi connectivity index (χ2v) is 5.62. The monoisotopic (exact) mass is 264 g/mol. The van der Waals surface area contributed by atoms with Crippen LogP contribution in [0.15, 0.2) is 18.2 Å². The molecule has 102 valence electrons. The molecule has 1 saturated heterocycles. The zero-order valence-electron chi connectivity index (χ0n) is 11.1. The summed E-state index contributed by atoms with van der Waals surface area (Å²) < 4.78 is 13.4. The lowest BCUT2D eigenvalue weighted by molar-refractivity contribution is -0.132. The molecule has 4 nitrogen and oxygen atoms in total. The molecule has 1 fully saturated rings. The van der Waals surface area contributed by atoms with Gasteiger partial charge in [-0.05, 0) is 23.6 Å². The van der Waals surface area contributed by atoms with Crippen LogP contribution in [0.1, 0.15) is 32.3 Å². The van der Waals surface area contributed by atoms with Crippen molar-refractivity contribution in [2.24, 2.45) is 11.1 Å². The molecule has 0 saturated carbocycles. The summed E-state index contributed by atoms with van der Waals surface area (Å²) in [6.45, 7) is 3.80. The van der Waals surface area contributed by atoms with Gasteiger partial charge in [-0.25, -0.2) is 4.39 Å². The lowest BCUT2D eigenvalue weighted by atomic mass is 9.81. The van der Waals surface area contributed by atoms with Crippen molar-refractivity contribution in [1.29, 1.82) is 0 Å². The van der Waals surface area contributed by atoms with Gasteiger partial charge in [0.05, 0.1) is 5.69 Å². The van der Waals surface area contributed by atoms with Gasteiger partial charge in [-0.2, -0.15) is 0 Å². The highest BCUT2D eigenvalue weighted by atomic mass is 19.1. The van der Waals surface area contributed by atoms with Crippen LogP contribution in [0.2, 0.25) is 0 Å². The van der Waals surface area contributed by atoms with Crippen molar-refractivity contribution in [2.75, 3.05) is 4.90 Å². The number of amides is 2. The van der Waals surface area contributed by atoms with Crippen molar-refractivity contribution < 1.29 is 14.0 Å². The third kappa shape index (κ3) is 2.66. The number of rotatable bonds is 2. The van der Waals surface area contributed by atoms with Gasteiger partial charge >= 0.3 is 0 Å². The SMILES string of the molecule is CC1(C)CC(=O)N(c2ccc(F)c(CN)c2)C(=O)C1. The predicted octanol–water partition coefficient (Wildman–Crippen LogP) is 1.96. The number of nitrogens with zero attached hydrogens (tertiary/aromatic N) is 1. The van der Waals surface area contributed by atoms with Crippen molar-refractivity contribution in [3.63, 3.8) is 0 Å². The molecule has 0 radical (unpaired) electrons. The van der Waals surface area contributed by atoms with Crippen LogP contribution in [0.3, 0.4) is 0 Å². The zero-order valence-corrected chi connectivity index (χ0v) is 11.1. The van der Waals surface area contributed by atoms with Gasteiger partial charge in [0.15, 0.2) is 0 Å². The minimum Gasteiger partial charge on any atom is -0.326 e. The summed E-state index contributed by atoms with van der Waals surface area (Å²) in [4.78, 5) is 25.3. The molecular formula is C14H17FN2O2. The first kappa shape index (κ1) is 13.7. The first-order chi connectivity index (χ1) is 8.84. The average Bonchev–Trinajstić information content (AvgIpc) is 2.28. The number of imide groups is 1. The maximum absolute atomic E-state index is 13.4. The number of hydrogen-bond acceptors (Lipinski definition) is 3. The highest BCUT2D eigenvalue weighted by Crippen LogP contribution is 2.34. The highest BCUT2D eigenvalue weighted by molar-refractivity contribution is 6.16. The van der Waals surface area contributed by atoms with Crippen molar-refractivity contribution in [3.05, 3.63) is 29.6 Å². The van der Waals surface area contributed by atoms with E-state index in [4.69, 9.17) is 5.73 Å². The number of carbonyl (C=O) groups is 2. The van der Waals surface area contributed by atoms with Gasteiger partial charge in [-0.1, -0.05) is 13.8 Å². The van der Waals surface area contributed by atoms with E-state index in [0.717, 1.165) is 4.90 Å². The Hall–Kier alpha value is -1.75. The molecule has 1 aliphatic rings. The van der Waals surface area contributed by atoms with Gasteiger partial charge in [-0.15, -0.1) is 0 Å². The molecule has 0 aliphatic carbocycles. The minimum atomic E-state index is -0.427. The Morgan fingerprint density at radius 1 is 1.26 bits per heavy atom. The first-order valence-electron chi connectivity index (χ1n) is 6.18. The van der Waals surface area contributed by atoms with Gasteiger partial charge in [0.25, 0.3) is 0 Å². The number of carbonyl (C=O) groups excluding carboxylic acids is 2. The molecule has 0 atom stereocenters. The van der Waals surface area contributed by atoms with E-state index in [1.165, 1.54) is 18.2 Å². The fraction of sp³-hybridized carbons (Fsp3) is 0.429. The van der Waals surface area contributed by atoms with Gasteiger partial charge in [0.2, 0.25) is 11.8 Å². The van der Waals surface area contributed by atoms with E-state index in [1.807, 2.05) is 13.8 Å². The van der Waals surface area contributed by atoms with Crippen LogP contribution >= 0.6 is 0 Å². The van der Waals surface area contributed by atoms with Crippen LogP contribution in [-0.2, 0) is 16.1 Å². The van der Waals surface area contributed by atoms with Crippen LogP contribution in [0, 0.1) is 11.2 Å². The van der Waals surface area contributed by atoms with Crippen LogP contribution in [0.25, 0.3) is 0 Å². The fourth-order valence-electron chi connectivity index (χ4n) is 2.32. The van der Waals surface area contributed by atoms with Crippen molar-refractivity contribution in [3.8, 4) is 0 Å². The predicted molar refractivity (Wildman–Crippen MR) is 69.8 cm³/mol. The second-order valence-electron chi connectivity index (χ2n) is 5.62. The van der Waals surface area contributed by atoms with Crippen molar-refractivity contribution >= 4 is 17.5 Å². The van der Waals surface area contributed by atoms with E-state index in [0.29, 0.717) is 24.1 Å². The number of hydrogen-bond donors (Lipinski definition) is 1. The summed E-state index contributed by atoms with van der Waals surface area (Å²) >= 11 is 0. The van der Waals surface area contributed by atoms with Crippen molar-refractivity contribution in [2.45, 2.75) is 33.2 Å². The number of benzene rings is 1. The van der Waals surface area contributed by atoms with Gasteiger partial charge < -0.3 is 5.73 Å². The molecule has 2 amide bonds. The molecule has 5 heteroatoms. The number of anilines is 1. The standard InChI is InChI=1S/C14H17FN2O2/c1-14(2)6-12(18)17(13(19)7-14)10-3-4-11(15)9(5-10)8-16/h3-5H,6-8,16H2,1-2H3. The lowest BCUT2D eigenvalue weighted by Gasteiger charge is -2.34. The van der Waals surface area contributed by atoms with Gasteiger partial charge in [-0.3, -0.25) is 14.5 Å². The number of piperidine rings is 1. The molecule has 1 aromatic carbocycles. The Morgan fingerprint density at radius 2 is 1.84 bits per heavy atom. The van der Waals surface area contributed by atoms with E-state index in [9.17, 15) is 14.0 Å². The Morgan fingerprint density at radius 3 is 2.37 bits per heavy atom. The minimum absolute atomic E-state index is 0.0292. The smallest absolute Gasteiger partial charge is 0.234 e. The summed E-state index contributed by atoms with van der Waals surface area (Å²) in [7, 11) is 0. The third-order valence-electron chi connectivity index (χ3n) is 3.27. The zero-order chi connectivity index (χ0) is 14.2. The normalized spacial score (nSPS) is 18.8. The van der Waals surface area contributed by atoms with Gasteiger partial charge in [0.1, 0.15) is 5.82 Å². The molecular weight excluding hydrogens is 247 g/mol. The summed E-state index contributed by atoms with van der Waals surface area (Å²) in [5, 5.41) is 0. The Labute approximate surface area is 111 Å². The van der Waals surface area contributed by atoms with Gasteiger partial charge in [0, 0.05) is 24.9 Å². The average molecular weight is 264 g/mol. The van der Waals surface area contributed by atoms with Crippen molar-refractivity contribution in [1.82, 2.24) is 0 Å². The Kier molecular flexibility index (Phi) is 3.41. The summed E-state index contributed by atoms with van der Waals surface area (Å²) in [5.74, 6) is -0.935. The summed E-state index contributed by atoms with van der Waals surface area (Å²) in [6, 6.07) is 4.13. The third-order valence-corrected chi connectivity index (χ3v) is 3.27. The molecule has 1 heterocycles. The van der Waals surface area contributed by atoms with E-state index in [2.05, 4.69) is 0 Å². The Balaban J connectivity index is 2.36. The number of nitrogens with two attached hydrogens (primary N) is 1. The van der Waals surface area contributed by atoms with Crippen LogP contribution < -0.4 is 10.6 Å². The molecule has 0 unspecified atom stereocenters. The molecule has 2 N–H and O–H groups in total. The molecule has 1 aromatic rings. The molecule has 2 rings (SSSR count). The molecule has 0 bridgehead atoms. The first-order valence-corrected chi connectivity index (χ1v) is 6.18. The summed E-state index contributed by atoms with van der Waals surface area (Å²) in [5.41, 5.74) is 5.81. The van der Waals surface area contributed by atoms with Crippen LogP contribution in [-0.4, -0.2) is 11.8 Å². The molecule has 1 aliphatic heterocycles. The maximum atomic E-state index is 13.4. The Bertz CT molecular complexity index is 520. The largest absolute Gasteiger partial charge is 0.326 e. The maximum Gasteiger partial charge on any atom is 0.234 e. The molecule has 0 spiro atoms. The fourth-order valence-corrected chi connectivity index (χ4v) is 2.32. The molecule has 0 aromatic heterocycles. The summed E-state index contributed by atoms with van der Waals surface area (Å²) in [6.07, 6.45) is 0.599. The van der Waals surface area contributed by atoms with E-state index < -0.39 is 5.82 Å². The molecule has 19 heavy (non-hydrogen) atoms. The van der Waals surface area contributed by atoms with E-state index in [1.54, 1.807) is 0 Å². The van der Waals surface area contributed by atoms with Crippen LogP contribution in [0.4, 0.5) is 10.1 Å². The highest BCUT2D eigenvalue weighted by Gasteiger charge is 2.38. The van der Waals surface area contributed by atoms with Crippen LogP contribution in [0.5, 0.6) is 0 Å². The quantitative estimate of drug-likeness (QED) is 0.830.